The van der Waals surface area contributed by atoms with E-state index in [4.69, 9.17) is 17.2 Å². The number of hydrogen-bond donors (Lipinski definition) is 3. The van der Waals surface area contributed by atoms with Crippen molar-refractivity contribution in [3.63, 3.8) is 0 Å². The molecule has 0 saturated carbocycles. The Hall–Kier alpha value is -3.28. The standard InChI is InChI=1S/C18H20N6/c19-15-16(20)22-18(21)23-17(15)24(11-13-7-3-1-4-8-13)12-14-9-5-2-6-10-14/h1-10H,11-12,19H2,(H4,20,21,22,23). The Labute approximate surface area is 140 Å². The van der Waals surface area contributed by atoms with Gasteiger partial charge in [0.1, 0.15) is 5.69 Å². The molecule has 3 rings (SSSR count). The maximum absolute atomic E-state index is 6.11. The van der Waals surface area contributed by atoms with E-state index >= 15 is 0 Å². The van der Waals surface area contributed by atoms with Crippen LogP contribution < -0.4 is 22.1 Å². The third-order valence-electron chi connectivity index (χ3n) is 3.70. The number of benzene rings is 2. The lowest BCUT2D eigenvalue weighted by atomic mass is 10.1. The molecular weight excluding hydrogens is 300 g/mol. The smallest absolute Gasteiger partial charge is 0.224 e. The van der Waals surface area contributed by atoms with Crippen molar-refractivity contribution in [2.24, 2.45) is 0 Å². The van der Waals surface area contributed by atoms with E-state index in [0.717, 1.165) is 11.1 Å². The second-order valence-electron chi connectivity index (χ2n) is 5.53. The molecule has 0 aliphatic carbocycles. The SMILES string of the molecule is Nc1nc(N)c(N)c(N(Cc2ccccc2)Cc2ccccc2)n1. The van der Waals surface area contributed by atoms with E-state index in [0.29, 0.717) is 24.6 Å². The number of nitrogen functional groups attached to an aromatic ring is 3. The summed E-state index contributed by atoms with van der Waals surface area (Å²) in [6, 6.07) is 20.2. The Morgan fingerprint density at radius 2 is 1.21 bits per heavy atom. The van der Waals surface area contributed by atoms with Crippen LogP contribution in [0.4, 0.5) is 23.3 Å². The minimum Gasteiger partial charge on any atom is -0.393 e. The third kappa shape index (κ3) is 3.55. The van der Waals surface area contributed by atoms with Gasteiger partial charge in [0.25, 0.3) is 0 Å². The highest BCUT2D eigenvalue weighted by Crippen LogP contribution is 2.28. The maximum atomic E-state index is 6.11. The molecule has 2 aromatic carbocycles. The van der Waals surface area contributed by atoms with E-state index in [1.165, 1.54) is 0 Å². The summed E-state index contributed by atoms with van der Waals surface area (Å²) in [6.45, 7) is 1.27. The molecule has 0 amide bonds. The molecule has 0 atom stereocenters. The molecule has 0 fully saturated rings. The van der Waals surface area contributed by atoms with Crippen LogP contribution in [0.3, 0.4) is 0 Å². The average Bonchev–Trinajstić information content (AvgIpc) is 2.59. The summed E-state index contributed by atoms with van der Waals surface area (Å²) in [6.07, 6.45) is 0. The highest BCUT2D eigenvalue weighted by molar-refractivity contribution is 5.75. The Kier molecular flexibility index (Phi) is 4.47. The Balaban J connectivity index is 1.98. The fourth-order valence-electron chi connectivity index (χ4n) is 2.55. The van der Waals surface area contributed by atoms with Crippen LogP contribution in [0.5, 0.6) is 0 Å². The summed E-state index contributed by atoms with van der Waals surface area (Å²) in [5, 5.41) is 0. The van der Waals surface area contributed by atoms with Gasteiger partial charge in [-0.2, -0.15) is 9.97 Å². The third-order valence-corrected chi connectivity index (χ3v) is 3.70. The number of nitrogens with two attached hydrogens (primary N) is 3. The van der Waals surface area contributed by atoms with Crippen LogP contribution in [0.25, 0.3) is 0 Å². The topological polar surface area (TPSA) is 107 Å². The van der Waals surface area contributed by atoms with E-state index in [2.05, 4.69) is 39.1 Å². The lowest BCUT2D eigenvalue weighted by Crippen LogP contribution is -2.25. The summed E-state index contributed by atoms with van der Waals surface area (Å²) in [7, 11) is 0. The quantitative estimate of drug-likeness (QED) is 0.666. The molecule has 1 heterocycles. The molecule has 0 aliphatic rings. The zero-order valence-electron chi connectivity index (χ0n) is 13.3. The average molecular weight is 320 g/mol. The monoisotopic (exact) mass is 320 g/mol. The predicted molar refractivity (Wildman–Crippen MR) is 98.0 cm³/mol. The van der Waals surface area contributed by atoms with Crippen molar-refractivity contribution in [3.8, 4) is 0 Å². The maximum Gasteiger partial charge on any atom is 0.224 e. The van der Waals surface area contributed by atoms with E-state index in [9.17, 15) is 0 Å². The molecular formula is C18H20N6. The first-order valence-electron chi connectivity index (χ1n) is 7.64. The van der Waals surface area contributed by atoms with Crippen LogP contribution in [0.15, 0.2) is 60.7 Å². The molecule has 6 N–H and O–H groups in total. The van der Waals surface area contributed by atoms with Crippen LogP contribution in [-0.4, -0.2) is 9.97 Å². The van der Waals surface area contributed by atoms with Gasteiger partial charge < -0.3 is 22.1 Å². The zero-order valence-corrected chi connectivity index (χ0v) is 13.3. The van der Waals surface area contributed by atoms with E-state index in [1.54, 1.807) is 0 Å². The van der Waals surface area contributed by atoms with Crippen LogP contribution in [-0.2, 0) is 13.1 Å². The van der Waals surface area contributed by atoms with Gasteiger partial charge in [0, 0.05) is 13.1 Å². The number of rotatable bonds is 5. The first-order chi connectivity index (χ1) is 11.6. The summed E-state index contributed by atoms with van der Waals surface area (Å²) in [4.78, 5) is 10.3. The predicted octanol–water partition coefficient (Wildman–Crippen LogP) is 2.43. The molecule has 0 unspecified atom stereocenters. The van der Waals surface area contributed by atoms with Crippen LogP contribution in [0.1, 0.15) is 11.1 Å². The van der Waals surface area contributed by atoms with Crippen LogP contribution in [0.2, 0.25) is 0 Å². The molecule has 0 aliphatic heterocycles. The van der Waals surface area contributed by atoms with Gasteiger partial charge in [0.15, 0.2) is 11.6 Å². The normalized spacial score (nSPS) is 10.5. The molecule has 0 saturated heterocycles. The second kappa shape index (κ2) is 6.87. The highest BCUT2D eigenvalue weighted by Gasteiger charge is 2.16. The summed E-state index contributed by atoms with van der Waals surface area (Å²) in [5.41, 5.74) is 20.4. The van der Waals surface area contributed by atoms with Gasteiger partial charge in [-0.05, 0) is 11.1 Å². The van der Waals surface area contributed by atoms with Gasteiger partial charge in [-0.25, -0.2) is 0 Å². The van der Waals surface area contributed by atoms with Crippen molar-refractivity contribution >= 4 is 23.3 Å². The minimum atomic E-state index is 0.114. The minimum absolute atomic E-state index is 0.114. The van der Waals surface area contributed by atoms with E-state index < -0.39 is 0 Å². The zero-order chi connectivity index (χ0) is 16.9. The summed E-state index contributed by atoms with van der Waals surface area (Å²) in [5.74, 6) is 0.860. The highest BCUT2D eigenvalue weighted by atomic mass is 15.2. The van der Waals surface area contributed by atoms with Gasteiger partial charge in [0.2, 0.25) is 5.95 Å². The molecule has 6 heteroatoms. The van der Waals surface area contributed by atoms with Gasteiger partial charge in [-0.15, -0.1) is 0 Å². The molecule has 0 spiro atoms. The fourth-order valence-corrected chi connectivity index (χ4v) is 2.55. The molecule has 122 valence electrons. The van der Waals surface area contributed by atoms with E-state index in [-0.39, 0.29) is 11.8 Å². The Bertz CT molecular complexity index is 763. The Morgan fingerprint density at radius 1 is 0.708 bits per heavy atom. The first-order valence-corrected chi connectivity index (χ1v) is 7.64. The van der Waals surface area contributed by atoms with Crippen molar-refractivity contribution < 1.29 is 0 Å². The van der Waals surface area contributed by atoms with Crippen molar-refractivity contribution in [2.45, 2.75) is 13.1 Å². The second-order valence-corrected chi connectivity index (χ2v) is 5.53. The number of hydrogen-bond acceptors (Lipinski definition) is 6. The molecule has 24 heavy (non-hydrogen) atoms. The summed E-state index contributed by atoms with van der Waals surface area (Å²) < 4.78 is 0. The van der Waals surface area contributed by atoms with Crippen LogP contribution >= 0.6 is 0 Å². The van der Waals surface area contributed by atoms with Crippen molar-refractivity contribution in [1.29, 1.82) is 0 Å². The Morgan fingerprint density at radius 3 is 1.71 bits per heavy atom. The van der Waals surface area contributed by atoms with Crippen molar-refractivity contribution in [3.05, 3.63) is 71.8 Å². The fraction of sp³-hybridized carbons (Fsp3) is 0.111. The molecule has 3 aromatic rings. The molecule has 1 aromatic heterocycles. The number of nitrogens with zero attached hydrogens (tertiary/aromatic N) is 3. The van der Waals surface area contributed by atoms with Crippen LogP contribution in [0, 0.1) is 0 Å². The van der Waals surface area contributed by atoms with Crippen molar-refractivity contribution in [1.82, 2.24) is 9.97 Å². The summed E-state index contributed by atoms with van der Waals surface area (Å²) >= 11 is 0. The van der Waals surface area contributed by atoms with Crippen molar-refractivity contribution in [2.75, 3.05) is 22.1 Å². The van der Waals surface area contributed by atoms with Gasteiger partial charge in [0.05, 0.1) is 0 Å². The van der Waals surface area contributed by atoms with Gasteiger partial charge >= 0.3 is 0 Å². The molecule has 0 radical (unpaired) electrons. The van der Waals surface area contributed by atoms with E-state index in [1.807, 2.05) is 36.4 Å². The largest absolute Gasteiger partial charge is 0.393 e. The van der Waals surface area contributed by atoms with Gasteiger partial charge in [-0.3, -0.25) is 0 Å². The van der Waals surface area contributed by atoms with Gasteiger partial charge in [-0.1, -0.05) is 60.7 Å². The first kappa shape index (κ1) is 15.6. The lowest BCUT2D eigenvalue weighted by molar-refractivity contribution is 0.784. The molecule has 6 nitrogen and oxygen atoms in total. The molecule has 0 bridgehead atoms. The number of aromatic nitrogens is 2. The number of anilines is 4. The lowest BCUT2D eigenvalue weighted by Gasteiger charge is -2.25.